The fourth-order valence-corrected chi connectivity index (χ4v) is 3.23. The maximum atomic E-state index is 5.92. The zero-order chi connectivity index (χ0) is 13.6. The SMILES string of the molecule is Nc1cccc(C2(Cc3nnc4n3CCC4)COC2)c1. The van der Waals surface area contributed by atoms with E-state index in [4.69, 9.17) is 10.5 Å². The number of anilines is 1. The van der Waals surface area contributed by atoms with E-state index in [1.807, 2.05) is 12.1 Å². The Morgan fingerprint density at radius 3 is 2.95 bits per heavy atom. The standard InChI is InChI=1S/C15H18N4O/c16-12-4-1-3-11(7-12)15(9-20-10-15)8-14-18-17-13-5-2-6-19(13)14/h1,3-4,7H,2,5-6,8-10,16H2. The highest BCUT2D eigenvalue weighted by molar-refractivity contribution is 5.44. The van der Waals surface area contributed by atoms with Crippen LogP contribution in [-0.4, -0.2) is 28.0 Å². The summed E-state index contributed by atoms with van der Waals surface area (Å²) in [6, 6.07) is 8.13. The van der Waals surface area contributed by atoms with Crippen LogP contribution in [-0.2, 0) is 29.5 Å². The number of nitrogens with zero attached hydrogens (tertiary/aromatic N) is 3. The number of rotatable bonds is 3. The van der Waals surface area contributed by atoms with Gasteiger partial charge in [0.2, 0.25) is 0 Å². The van der Waals surface area contributed by atoms with Gasteiger partial charge < -0.3 is 15.0 Å². The molecule has 0 radical (unpaired) electrons. The van der Waals surface area contributed by atoms with Gasteiger partial charge in [-0.2, -0.15) is 0 Å². The van der Waals surface area contributed by atoms with E-state index in [-0.39, 0.29) is 5.41 Å². The van der Waals surface area contributed by atoms with Gasteiger partial charge in [-0.25, -0.2) is 0 Å². The average Bonchev–Trinajstić information content (AvgIpc) is 2.97. The Kier molecular flexibility index (Phi) is 2.57. The molecule has 0 amide bonds. The Bertz CT molecular complexity index is 645. The Morgan fingerprint density at radius 2 is 2.20 bits per heavy atom. The van der Waals surface area contributed by atoms with Gasteiger partial charge in [-0.05, 0) is 24.1 Å². The van der Waals surface area contributed by atoms with Gasteiger partial charge in [-0.3, -0.25) is 0 Å². The van der Waals surface area contributed by atoms with Gasteiger partial charge in [-0.15, -0.1) is 10.2 Å². The molecule has 0 bridgehead atoms. The molecular weight excluding hydrogens is 252 g/mol. The summed E-state index contributed by atoms with van der Waals surface area (Å²) in [6.07, 6.45) is 3.11. The van der Waals surface area contributed by atoms with Crippen LogP contribution in [0.5, 0.6) is 0 Å². The average molecular weight is 270 g/mol. The molecule has 0 spiro atoms. The maximum absolute atomic E-state index is 5.92. The highest BCUT2D eigenvalue weighted by Crippen LogP contribution is 2.36. The van der Waals surface area contributed by atoms with Crippen LogP contribution >= 0.6 is 0 Å². The van der Waals surface area contributed by atoms with E-state index < -0.39 is 0 Å². The molecule has 0 unspecified atom stereocenters. The van der Waals surface area contributed by atoms with E-state index in [0.29, 0.717) is 0 Å². The molecule has 2 N–H and O–H groups in total. The molecular formula is C15H18N4O. The van der Waals surface area contributed by atoms with Crippen molar-refractivity contribution in [1.82, 2.24) is 14.8 Å². The van der Waals surface area contributed by atoms with Gasteiger partial charge >= 0.3 is 0 Å². The molecule has 20 heavy (non-hydrogen) atoms. The number of ether oxygens (including phenoxy) is 1. The number of nitrogens with two attached hydrogens (primary N) is 1. The van der Waals surface area contributed by atoms with E-state index >= 15 is 0 Å². The first kappa shape index (κ1) is 11.9. The first-order valence-corrected chi connectivity index (χ1v) is 7.12. The minimum absolute atomic E-state index is 0.0156. The van der Waals surface area contributed by atoms with Crippen molar-refractivity contribution in [3.05, 3.63) is 41.5 Å². The fourth-order valence-electron chi connectivity index (χ4n) is 3.23. The fraction of sp³-hybridized carbons (Fsp3) is 0.467. The summed E-state index contributed by atoms with van der Waals surface area (Å²) in [5.41, 5.74) is 7.99. The Hall–Kier alpha value is -1.88. The number of fused-ring (bicyclic) bond motifs is 1. The van der Waals surface area contributed by atoms with Crippen molar-refractivity contribution in [1.29, 1.82) is 0 Å². The van der Waals surface area contributed by atoms with Crippen LogP contribution in [0.25, 0.3) is 0 Å². The Morgan fingerprint density at radius 1 is 1.30 bits per heavy atom. The molecule has 1 aromatic heterocycles. The van der Waals surface area contributed by atoms with Crippen LogP contribution in [0, 0.1) is 0 Å². The smallest absolute Gasteiger partial charge is 0.134 e. The lowest BCUT2D eigenvalue weighted by atomic mass is 9.75. The lowest BCUT2D eigenvalue weighted by Crippen LogP contribution is -2.49. The minimum Gasteiger partial charge on any atom is -0.399 e. The first-order chi connectivity index (χ1) is 9.77. The van der Waals surface area contributed by atoms with Crippen LogP contribution < -0.4 is 5.73 Å². The molecule has 0 atom stereocenters. The topological polar surface area (TPSA) is 66.0 Å². The highest BCUT2D eigenvalue weighted by atomic mass is 16.5. The zero-order valence-electron chi connectivity index (χ0n) is 11.4. The molecule has 4 rings (SSSR count). The number of hydrogen-bond acceptors (Lipinski definition) is 4. The van der Waals surface area contributed by atoms with E-state index in [1.54, 1.807) is 0 Å². The van der Waals surface area contributed by atoms with Gasteiger partial charge in [0.25, 0.3) is 0 Å². The van der Waals surface area contributed by atoms with Crippen molar-refractivity contribution in [3.63, 3.8) is 0 Å². The van der Waals surface area contributed by atoms with E-state index in [2.05, 4.69) is 26.9 Å². The normalized spacial score (nSPS) is 19.6. The Balaban J connectivity index is 1.68. The van der Waals surface area contributed by atoms with Crippen LogP contribution in [0.3, 0.4) is 0 Å². The minimum atomic E-state index is 0.0156. The number of aromatic nitrogens is 3. The third kappa shape index (κ3) is 1.73. The quantitative estimate of drug-likeness (QED) is 0.854. The summed E-state index contributed by atoms with van der Waals surface area (Å²) >= 11 is 0. The van der Waals surface area contributed by atoms with Crippen molar-refractivity contribution in [2.45, 2.75) is 31.2 Å². The highest BCUT2D eigenvalue weighted by Gasteiger charge is 2.42. The molecule has 5 nitrogen and oxygen atoms in total. The van der Waals surface area contributed by atoms with E-state index in [1.165, 1.54) is 12.0 Å². The van der Waals surface area contributed by atoms with Crippen molar-refractivity contribution in [2.24, 2.45) is 0 Å². The van der Waals surface area contributed by atoms with Gasteiger partial charge in [0.15, 0.2) is 0 Å². The molecule has 1 aromatic carbocycles. The second-order valence-electron chi connectivity index (χ2n) is 5.86. The van der Waals surface area contributed by atoms with Gasteiger partial charge in [0, 0.05) is 30.5 Å². The summed E-state index contributed by atoms with van der Waals surface area (Å²) in [4.78, 5) is 0. The number of benzene rings is 1. The van der Waals surface area contributed by atoms with Crippen LogP contribution in [0.4, 0.5) is 5.69 Å². The second-order valence-corrected chi connectivity index (χ2v) is 5.86. The molecule has 104 valence electrons. The summed E-state index contributed by atoms with van der Waals surface area (Å²) in [6.45, 7) is 2.52. The van der Waals surface area contributed by atoms with Crippen molar-refractivity contribution in [2.75, 3.05) is 18.9 Å². The van der Waals surface area contributed by atoms with Crippen molar-refractivity contribution in [3.8, 4) is 0 Å². The third-order valence-corrected chi connectivity index (χ3v) is 4.44. The van der Waals surface area contributed by atoms with Gasteiger partial charge in [0.1, 0.15) is 11.6 Å². The van der Waals surface area contributed by atoms with Crippen molar-refractivity contribution >= 4 is 5.69 Å². The summed E-state index contributed by atoms with van der Waals surface area (Å²) in [7, 11) is 0. The Labute approximate surface area is 117 Å². The summed E-state index contributed by atoms with van der Waals surface area (Å²) in [5, 5.41) is 8.68. The molecule has 2 aliphatic rings. The van der Waals surface area contributed by atoms with Gasteiger partial charge in [-0.1, -0.05) is 12.1 Å². The third-order valence-electron chi connectivity index (χ3n) is 4.44. The van der Waals surface area contributed by atoms with Crippen LogP contribution in [0.15, 0.2) is 24.3 Å². The van der Waals surface area contributed by atoms with Crippen LogP contribution in [0.1, 0.15) is 23.6 Å². The van der Waals surface area contributed by atoms with Gasteiger partial charge in [0.05, 0.1) is 13.2 Å². The summed E-state index contributed by atoms with van der Waals surface area (Å²) in [5.74, 6) is 2.21. The number of aryl methyl sites for hydroxylation is 1. The molecule has 5 heteroatoms. The molecule has 0 aliphatic carbocycles. The monoisotopic (exact) mass is 270 g/mol. The summed E-state index contributed by atoms with van der Waals surface area (Å²) < 4.78 is 7.77. The largest absolute Gasteiger partial charge is 0.399 e. The maximum Gasteiger partial charge on any atom is 0.134 e. The predicted molar refractivity (Wildman–Crippen MR) is 75.4 cm³/mol. The van der Waals surface area contributed by atoms with Crippen molar-refractivity contribution < 1.29 is 4.74 Å². The first-order valence-electron chi connectivity index (χ1n) is 7.12. The lowest BCUT2D eigenvalue weighted by molar-refractivity contribution is -0.0611. The number of hydrogen-bond donors (Lipinski definition) is 1. The molecule has 1 fully saturated rings. The predicted octanol–water partition coefficient (Wildman–Crippen LogP) is 1.32. The molecule has 0 saturated carbocycles. The van der Waals surface area contributed by atoms with Crippen LogP contribution in [0.2, 0.25) is 0 Å². The molecule has 3 heterocycles. The molecule has 2 aromatic rings. The second kappa shape index (κ2) is 4.31. The molecule has 2 aliphatic heterocycles. The van der Waals surface area contributed by atoms with E-state index in [9.17, 15) is 0 Å². The lowest BCUT2D eigenvalue weighted by Gasteiger charge is -2.41. The zero-order valence-corrected chi connectivity index (χ0v) is 11.4. The number of nitrogen functional groups attached to an aromatic ring is 1. The molecule has 1 saturated heterocycles. The van der Waals surface area contributed by atoms with E-state index in [0.717, 1.165) is 49.9 Å².